The Kier molecular flexibility index (Phi) is 3.06. The van der Waals surface area contributed by atoms with Gasteiger partial charge in [-0.2, -0.15) is 0 Å². The highest BCUT2D eigenvalue weighted by molar-refractivity contribution is 6.34. The van der Waals surface area contributed by atoms with Gasteiger partial charge in [-0.15, -0.1) is 0 Å². The van der Waals surface area contributed by atoms with Crippen molar-refractivity contribution in [2.45, 2.75) is 0 Å². The van der Waals surface area contributed by atoms with Gasteiger partial charge in [0.25, 0.3) is 5.91 Å². The third kappa shape index (κ3) is 2.31. The van der Waals surface area contributed by atoms with Crippen molar-refractivity contribution in [3.8, 4) is 0 Å². The van der Waals surface area contributed by atoms with Crippen LogP contribution in [0.2, 0.25) is 0 Å². The van der Waals surface area contributed by atoms with Crippen LogP contribution in [0, 0.1) is 5.82 Å². The number of aromatic nitrogens is 1. The number of hydrogen-bond donors (Lipinski definition) is 2. The van der Waals surface area contributed by atoms with Crippen LogP contribution < -0.4 is 5.32 Å². The maximum Gasteiger partial charge on any atom is 0.339 e. The minimum Gasteiger partial charge on any atom is -0.465 e. The van der Waals surface area contributed by atoms with E-state index in [1.165, 1.54) is 31.5 Å². The van der Waals surface area contributed by atoms with Crippen molar-refractivity contribution in [2.24, 2.45) is 0 Å². The minimum atomic E-state index is -0.474. The lowest BCUT2D eigenvalue weighted by atomic mass is 10.1. The molecule has 0 aliphatic carbocycles. The zero-order valence-electron chi connectivity index (χ0n) is 11.1. The van der Waals surface area contributed by atoms with Gasteiger partial charge in [-0.25, -0.2) is 9.18 Å². The number of carbonyl (C=O) groups excluding carboxylic acids is 2. The second-order valence-electron chi connectivity index (χ2n) is 4.54. The molecule has 1 aliphatic rings. The van der Waals surface area contributed by atoms with Gasteiger partial charge in [0, 0.05) is 23.1 Å². The number of benzene rings is 1. The van der Waals surface area contributed by atoms with Gasteiger partial charge in [0.15, 0.2) is 0 Å². The molecule has 6 heteroatoms. The topological polar surface area (TPSA) is 71.2 Å². The molecular weight excluding hydrogens is 275 g/mol. The number of esters is 1. The Morgan fingerprint density at radius 3 is 2.90 bits per heavy atom. The van der Waals surface area contributed by atoms with E-state index in [2.05, 4.69) is 15.0 Å². The van der Waals surface area contributed by atoms with Crippen molar-refractivity contribution >= 4 is 29.2 Å². The molecular formula is C15H11FN2O3. The summed E-state index contributed by atoms with van der Waals surface area (Å²) in [5, 5.41) is 2.66. The number of rotatable bonds is 2. The number of H-pyrrole nitrogens is 1. The molecule has 1 aromatic carbocycles. The summed E-state index contributed by atoms with van der Waals surface area (Å²) in [7, 11) is 1.29. The number of ether oxygens (including phenoxy) is 1. The fourth-order valence-electron chi connectivity index (χ4n) is 2.19. The number of methoxy groups -OCH3 is 1. The van der Waals surface area contributed by atoms with Gasteiger partial charge in [-0.05, 0) is 30.3 Å². The number of fused-ring (bicyclic) bond motifs is 1. The third-order valence-corrected chi connectivity index (χ3v) is 3.19. The molecule has 1 aliphatic heterocycles. The van der Waals surface area contributed by atoms with Gasteiger partial charge < -0.3 is 15.0 Å². The van der Waals surface area contributed by atoms with Crippen LogP contribution in [0.15, 0.2) is 30.5 Å². The number of carbonyl (C=O) groups is 2. The van der Waals surface area contributed by atoms with E-state index in [4.69, 9.17) is 0 Å². The summed E-state index contributed by atoms with van der Waals surface area (Å²) < 4.78 is 17.9. The van der Waals surface area contributed by atoms with Crippen LogP contribution in [-0.4, -0.2) is 24.0 Å². The van der Waals surface area contributed by atoms with Crippen molar-refractivity contribution in [3.05, 3.63) is 53.1 Å². The SMILES string of the molecule is COC(=O)c1c[nH]c(/C=C2\C(=O)Nc3ccc(F)cc32)c1. The Morgan fingerprint density at radius 2 is 2.14 bits per heavy atom. The van der Waals surface area contributed by atoms with Gasteiger partial charge in [0.05, 0.1) is 18.2 Å². The summed E-state index contributed by atoms with van der Waals surface area (Å²) in [6, 6.07) is 5.65. The van der Waals surface area contributed by atoms with Crippen LogP contribution in [0.25, 0.3) is 11.6 Å². The standard InChI is InChI=1S/C15H11FN2O3/c1-21-15(20)8-4-10(17-7-8)6-12-11-5-9(16)2-3-13(11)18-14(12)19/h2-7,17H,1H3,(H,18,19)/b12-6-. The third-order valence-electron chi connectivity index (χ3n) is 3.19. The van der Waals surface area contributed by atoms with Gasteiger partial charge in [-0.1, -0.05) is 0 Å². The first kappa shape index (κ1) is 13.1. The minimum absolute atomic E-state index is 0.315. The van der Waals surface area contributed by atoms with Crippen molar-refractivity contribution in [3.63, 3.8) is 0 Å². The van der Waals surface area contributed by atoms with E-state index in [1.54, 1.807) is 12.1 Å². The highest BCUT2D eigenvalue weighted by Gasteiger charge is 2.24. The van der Waals surface area contributed by atoms with Gasteiger partial charge >= 0.3 is 5.97 Å². The van der Waals surface area contributed by atoms with Gasteiger partial charge in [0.2, 0.25) is 0 Å². The number of nitrogens with one attached hydrogen (secondary N) is 2. The summed E-state index contributed by atoms with van der Waals surface area (Å²) >= 11 is 0. The van der Waals surface area contributed by atoms with Crippen molar-refractivity contribution < 1.29 is 18.7 Å². The largest absolute Gasteiger partial charge is 0.465 e. The lowest BCUT2D eigenvalue weighted by Crippen LogP contribution is -2.03. The van der Waals surface area contributed by atoms with Crippen molar-refractivity contribution in [1.82, 2.24) is 4.98 Å². The molecule has 0 fully saturated rings. The molecule has 0 unspecified atom stereocenters. The second kappa shape index (κ2) is 4.90. The first-order valence-electron chi connectivity index (χ1n) is 6.18. The molecule has 21 heavy (non-hydrogen) atoms. The summed E-state index contributed by atoms with van der Waals surface area (Å²) in [5.74, 6) is -1.21. The smallest absolute Gasteiger partial charge is 0.339 e. The van der Waals surface area contributed by atoms with Crippen LogP contribution in [0.3, 0.4) is 0 Å². The Morgan fingerprint density at radius 1 is 1.33 bits per heavy atom. The zero-order valence-corrected chi connectivity index (χ0v) is 11.1. The van der Waals surface area contributed by atoms with E-state index in [0.29, 0.717) is 28.1 Å². The molecule has 0 spiro atoms. The Labute approximate surface area is 119 Å². The number of amides is 1. The van der Waals surface area contributed by atoms with E-state index in [-0.39, 0.29) is 5.91 Å². The zero-order chi connectivity index (χ0) is 15.0. The molecule has 2 heterocycles. The normalized spacial score (nSPS) is 15.0. The highest BCUT2D eigenvalue weighted by atomic mass is 19.1. The Hall–Kier alpha value is -2.89. The fraction of sp³-hybridized carbons (Fsp3) is 0.0667. The van der Waals surface area contributed by atoms with Crippen molar-refractivity contribution in [2.75, 3.05) is 12.4 Å². The predicted molar refractivity (Wildman–Crippen MR) is 75.0 cm³/mol. The quantitative estimate of drug-likeness (QED) is 0.658. The highest BCUT2D eigenvalue weighted by Crippen LogP contribution is 2.33. The molecule has 1 amide bonds. The Bertz CT molecular complexity index is 777. The van der Waals surface area contributed by atoms with Crippen LogP contribution in [0.1, 0.15) is 21.6 Å². The molecule has 0 radical (unpaired) electrons. The van der Waals surface area contributed by atoms with Crippen LogP contribution >= 0.6 is 0 Å². The van der Waals surface area contributed by atoms with Crippen LogP contribution in [0.5, 0.6) is 0 Å². The summed E-state index contributed by atoms with van der Waals surface area (Å²) in [6.07, 6.45) is 3.05. The first-order chi connectivity index (χ1) is 10.1. The van der Waals surface area contributed by atoms with E-state index >= 15 is 0 Å². The molecule has 2 aromatic rings. The lowest BCUT2D eigenvalue weighted by molar-refractivity contribution is -0.110. The molecule has 0 saturated carbocycles. The lowest BCUT2D eigenvalue weighted by Gasteiger charge is -1.97. The summed E-state index contributed by atoms with van der Waals surface area (Å²) in [5.41, 5.74) is 2.30. The van der Waals surface area contributed by atoms with E-state index in [9.17, 15) is 14.0 Å². The first-order valence-corrected chi connectivity index (χ1v) is 6.18. The van der Waals surface area contributed by atoms with E-state index in [0.717, 1.165) is 0 Å². The number of hydrogen-bond acceptors (Lipinski definition) is 3. The predicted octanol–water partition coefficient (Wildman–Crippen LogP) is 2.43. The monoisotopic (exact) mass is 286 g/mol. The molecule has 0 bridgehead atoms. The summed E-state index contributed by atoms with van der Waals surface area (Å²) in [6.45, 7) is 0. The van der Waals surface area contributed by atoms with Gasteiger partial charge in [0.1, 0.15) is 5.82 Å². The maximum absolute atomic E-state index is 13.3. The van der Waals surface area contributed by atoms with Gasteiger partial charge in [-0.3, -0.25) is 4.79 Å². The number of halogens is 1. The number of anilines is 1. The Balaban J connectivity index is 2.01. The number of aromatic amines is 1. The molecule has 2 N–H and O–H groups in total. The molecule has 0 saturated heterocycles. The van der Waals surface area contributed by atoms with Crippen molar-refractivity contribution in [1.29, 1.82) is 0 Å². The fourth-order valence-corrected chi connectivity index (χ4v) is 2.19. The average molecular weight is 286 g/mol. The summed E-state index contributed by atoms with van der Waals surface area (Å²) in [4.78, 5) is 26.2. The molecule has 1 aromatic heterocycles. The van der Waals surface area contributed by atoms with Crippen LogP contribution in [-0.2, 0) is 9.53 Å². The molecule has 5 nitrogen and oxygen atoms in total. The second-order valence-corrected chi connectivity index (χ2v) is 4.54. The molecule has 3 rings (SSSR count). The molecule has 106 valence electrons. The van der Waals surface area contributed by atoms with Crippen LogP contribution in [0.4, 0.5) is 10.1 Å². The maximum atomic E-state index is 13.3. The molecule has 0 atom stereocenters. The van der Waals surface area contributed by atoms with E-state index < -0.39 is 11.8 Å². The van der Waals surface area contributed by atoms with E-state index in [1.807, 2.05) is 0 Å². The average Bonchev–Trinajstić information content (AvgIpc) is 3.05.